The number of amides is 2. The van der Waals surface area contributed by atoms with E-state index in [0.29, 0.717) is 5.69 Å². The van der Waals surface area contributed by atoms with Crippen LogP contribution in [0, 0.1) is 0 Å². The molecule has 0 fully saturated rings. The molecule has 15 heavy (non-hydrogen) atoms. The van der Waals surface area contributed by atoms with E-state index in [2.05, 4.69) is 0 Å². The summed E-state index contributed by atoms with van der Waals surface area (Å²) in [5, 5.41) is 0. The van der Waals surface area contributed by atoms with Crippen LogP contribution in [0.2, 0.25) is 0 Å². The van der Waals surface area contributed by atoms with Gasteiger partial charge in [0.2, 0.25) is 10.3 Å². The number of nitrogens with two attached hydrogens (primary N) is 1. The average Bonchev–Trinajstić information content (AvgIpc) is 2.56. The minimum atomic E-state index is -2.43. The Morgan fingerprint density at radius 1 is 1.33 bits per heavy atom. The highest BCUT2D eigenvalue weighted by atomic mass is 32.2. The number of carbonyl (C=O) groups excluding carboxylic acids is 1. The number of nitrogens with zero attached hydrogens (tertiary/aromatic N) is 1. The molecule has 0 aromatic heterocycles. The third-order valence-electron chi connectivity index (χ3n) is 2.24. The van der Waals surface area contributed by atoms with Gasteiger partial charge in [-0.3, -0.25) is 4.90 Å². The molecule has 0 saturated carbocycles. The highest BCUT2D eigenvalue weighted by Gasteiger charge is 2.29. The van der Waals surface area contributed by atoms with E-state index in [4.69, 9.17) is 5.73 Å². The van der Waals surface area contributed by atoms with Crippen LogP contribution in [-0.4, -0.2) is 19.4 Å². The molecule has 0 unspecified atom stereocenters. The molecule has 5 nitrogen and oxygen atoms in total. The summed E-state index contributed by atoms with van der Waals surface area (Å²) in [7, 11) is -2.43. The van der Waals surface area contributed by atoms with Crippen molar-refractivity contribution in [3.8, 4) is 0 Å². The van der Waals surface area contributed by atoms with Crippen LogP contribution in [-0.2, 0) is 16.7 Å². The van der Waals surface area contributed by atoms with Gasteiger partial charge < -0.3 is 5.73 Å². The van der Waals surface area contributed by atoms with Gasteiger partial charge >= 0.3 is 6.03 Å². The fraction of sp³-hybridized carbons (Fsp3) is 0.111. The molecule has 0 aliphatic carbocycles. The molecule has 1 aliphatic heterocycles. The van der Waals surface area contributed by atoms with Crippen molar-refractivity contribution < 1.29 is 13.2 Å². The van der Waals surface area contributed by atoms with Crippen molar-refractivity contribution >= 4 is 27.0 Å². The van der Waals surface area contributed by atoms with E-state index in [1.807, 2.05) is 0 Å². The molecule has 0 spiro atoms. The van der Waals surface area contributed by atoms with Crippen molar-refractivity contribution in [2.24, 2.45) is 5.73 Å². The van der Waals surface area contributed by atoms with E-state index >= 15 is 0 Å². The minimum absolute atomic E-state index is 0.00343. The number of primary amides is 1. The molecular formula is C9H8N2O3S. The third kappa shape index (κ3) is 1.48. The van der Waals surface area contributed by atoms with Crippen molar-refractivity contribution in [3.05, 3.63) is 29.8 Å². The van der Waals surface area contributed by atoms with Crippen molar-refractivity contribution in [2.75, 3.05) is 4.90 Å². The van der Waals surface area contributed by atoms with Gasteiger partial charge in [0.25, 0.3) is 0 Å². The molecule has 78 valence electrons. The second-order valence-electron chi connectivity index (χ2n) is 3.11. The standard InChI is InChI=1S/C9H8N2O3S/c10-9(12)11-7-4-2-1-3-6(7)5-8(11)15(13)14/h1-4H,5H2,(H2,10,12). The Balaban J connectivity index is 2.67. The van der Waals surface area contributed by atoms with Crippen LogP contribution in [0.3, 0.4) is 0 Å². The zero-order chi connectivity index (χ0) is 11.0. The van der Waals surface area contributed by atoms with Crippen molar-refractivity contribution in [1.29, 1.82) is 0 Å². The van der Waals surface area contributed by atoms with Crippen LogP contribution in [0.1, 0.15) is 5.56 Å². The largest absolute Gasteiger partial charge is 0.351 e. The summed E-state index contributed by atoms with van der Waals surface area (Å²) in [6.07, 6.45) is 0.217. The number of carbonyl (C=O) groups is 1. The maximum absolute atomic E-state index is 11.1. The number of hydrogen-bond acceptors (Lipinski definition) is 3. The Labute approximate surface area is 87.6 Å². The molecular weight excluding hydrogens is 216 g/mol. The first kappa shape index (κ1) is 9.72. The van der Waals surface area contributed by atoms with Crippen molar-refractivity contribution in [3.63, 3.8) is 0 Å². The summed E-state index contributed by atoms with van der Waals surface area (Å²) in [5.41, 5.74) is 6.47. The zero-order valence-electron chi connectivity index (χ0n) is 7.67. The molecule has 0 bridgehead atoms. The van der Waals surface area contributed by atoms with Gasteiger partial charge in [0.15, 0.2) is 4.99 Å². The average molecular weight is 224 g/mol. The van der Waals surface area contributed by atoms with Gasteiger partial charge in [-0.05, 0) is 11.6 Å². The summed E-state index contributed by atoms with van der Waals surface area (Å²) in [5.74, 6) is 0. The Morgan fingerprint density at radius 3 is 2.60 bits per heavy atom. The first-order valence-electron chi connectivity index (χ1n) is 4.24. The second kappa shape index (κ2) is 3.39. The summed E-state index contributed by atoms with van der Waals surface area (Å²) in [6.45, 7) is 0. The summed E-state index contributed by atoms with van der Waals surface area (Å²) >= 11 is 0. The van der Waals surface area contributed by atoms with E-state index in [1.165, 1.54) is 0 Å². The fourth-order valence-electron chi connectivity index (χ4n) is 1.63. The first-order chi connectivity index (χ1) is 7.11. The van der Waals surface area contributed by atoms with Crippen LogP contribution in [0.15, 0.2) is 24.3 Å². The Morgan fingerprint density at radius 2 is 2.00 bits per heavy atom. The summed E-state index contributed by atoms with van der Waals surface area (Å²) in [4.78, 5) is 12.2. The molecule has 1 aromatic carbocycles. The number of fused-ring (bicyclic) bond motifs is 1. The predicted molar refractivity (Wildman–Crippen MR) is 56.1 cm³/mol. The van der Waals surface area contributed by atoms with Gasteiger partial charge in [-0.15, -0.1) is 0 Å². The molecule has 2 N–H and O–H groups in total. The van der Waals surface area contributed by atoms with E-state index < -0.39 is 16.3 Å². The normalized spacial score (nSPS) is 13.9. The van der Waals surface area contributed by atoms with E-state index in [1.54, 1.807) is 24.3 Å². The fourth-order valence-corrected chi connectivity index (χ4v) is 2.24. The Hall–Kier alpha value is -1.82. The van der Waals surface area contributed by atoms with Crippen molar-refractivity contribution in [2.45, 2.75) is 6.42 Å². The number of hydrogen-bond donors (Lipinski definition) is 1. The van der Waals surface area contributed by atoms with Crippen molar-refractivity contribution in [1.82, 2.24) is 0 Å². The molecule has 0 saturated heterocycles. The monoisotopic (exact) mass is 224 g/mol. The third-order valence-corrected chi connectivity index (χ3v) is 2.95. The van der Waals surface area contributed by atoms with Gasteiger partial charge in [-0.2, -0.15) is 8.42 Å². The maximum Gasteiger partial charge on any atom is 0.324 e. The topological polar surface area (TPSA) is 80.5 Å². The maximum atomic E-state index is 11.1. The number of urea groups is 1. The van der Waals surface area contributed by atoms with Gasteiger partial charge in [-0.25, -0.2) is 4.79 Å². The lowest BCUT2D eigenvalue weighted by Gasteiger charge is -2.12. The van der Waals surface area contributed by atoms with Crippen LogP contribution >= 0.6 is 0 Å². The first-order valence-corrected chi connectivity index (χ1v) is 5.31. The Kier molecular flexibility index (Phi) is 2.20. The smallest absolute Gasteiger partial charge is 0.324 e. The molecule has 0 atom stereocenters. The second-order valence-corrected chi connectivity index (χ2v) is 4.05. The van der Waals surface area contributed by atoms with Crippen LogP contribution in [0.25, 0.3) is 0 Å². The number of para-hydroxylation sites is 1. The van der Waals surface area contributed by atoms with Gasteiger partial charge in [0.1, 0.15) is 0 Å². The van der Waals surface area contributed by atoms with Gasteiger partial charge in [0.05, 0.1) is 5.69 Å². The van der Waals surface area contributed by atoms with E-state index in [0.717, 1.165) is 10.5 Å². The quantitative estimate of drug-likeness (QED) is 0.636. The van der Waals surface area contributed by atoms with Crippen LogP contribution in [0.5, 0.6) is 0 Å². The minimum Gasteiger partial charge on any atom is -0.351 e. The lowest BCUT2D eigenvalue weighted by molar-refractivity contribution is 0.256. The number of rotatable bonds is 0. The van der Waals surface area contributed by atoms with E-state index in [9.17, 15) is 13.2 Å². The Bertz CT molecular complexity index is 554. The molecule has 2 amide bonds. The number of benzene rings is 1. The summed E-state index contributed by atoms with van der Waals surface area (Å²) in [6, 6.07) is 6.17. The lowest BCUT2D eigenvalue weighted by Crippen LogP contribution is -2.38. The molecule has 1 heterocycles. The predicted octanol–water partition coefficient (Wildman–Crippen LogP) is 0.137. The van der Waals surface area contributed by atoms with Crippen LogP contribution in [0.4, 0.5) is 10.5 Å². The molecule has 2 rings (SSSR count). The summed E-state index contributed by atoms with van der Waals surface area (Å²) < 4.78 is 21.8. The molecule has 1 aromatic rings. The highest BCUT2D eigenvalue weighted by molar-refractivity contribution is 7.73. The van der Waals surface area contributed by atoms with Gasteiger partial charge in [-0.1, -0.05) is 18.2 Å². The SMILES string of the molecule is NC(=O)N1C(=S(=O)=O)Cc2ccccc21. The van der Waals surface area contributed by atoms with Crippen LogP contribution < -0.4 is 10.6 Å². The number of anilines is 1. The zero-order valence-corrected chi connectivity index (χ0v) is 8.49. The molecule has 1 aliphatic rings. The lowest BCUT2D eigenvalue weighted by atomic mass is 10.2. The van der Waals surface area contributed by atoms with Gasteiger partial charge in [0, 0.05) is 6.42 Å². The molecule has 0 radical (unpaired) electrons. The molecule has 6 heteroatoms. The van der Waals surface area contributed by atoms with E-state index in [-0.39, 0.29) is 11.4 Å². The highest BCUT2D eigenvalue weighted by Crippen LogP contribution is 2.28.